The van der Waals surface area contributed by atoms with Crippen LogP contribution in [0.25, 0.3) is 0 Å². The molecule has 18 heavy (non-hydrogen) atoms. The summed E-state index contributed by atoms with van der Waals surface area (Å²) in [7, 11) is 1.74. The summed E-state index contributed by atoms with van der Waals surface area (Å²) in [5, 5.41) is 2.54. The monoisotopic (exact) mass is 258 g/mol. The first-order chi connectivity index (χ1) is 8.08. The summed E-state index contributed by atoms with van der Waals surface area (Å²) in [6.45, 7) is 11.0. The molecule has 0 aliphatic carbocycles. The van der Waals surface area contributed by atoms with Gasteiger partial charge in [-0.2, -0.15) is 0 Å². The van der Waals surface area contributed by atoms with Gasteiger partial charge in [0.2, 0.25) is 5.91 Å². The van der Waals surface area contributed by atoms with Crippen LogP contribution in [0.5, 0.6) is 0 Å². The van der Waals surface area contributed by atoms with E-state index in [1.54, 1.807) is 39.6 Å². The molecule has 2 atom stereocenters. The minimum Gasteiger partial charge on any atom is -0.444 e. The Morgan fingerprint density at radius 1 is 1.28 bits per heavy atom. The fourth-order valence-electron chi connectivity index (χ4n) is 1.34. The van der Waals surface area contributed by atoms with Crippen LogP contribution >= 0.6 is 0 Å². The molecular weight excluding hydrogens is 232 g/mol. The van der Waals surface area contributed by atoms with E-state index in [0.717, 1.165) is 6.42 Å². The van der Waals surface area contributed by atoms with Crippen LogP contribution in [0.15, 0.2) is 0 Å². The predicted octanol–water partition coefficient (Wildman–Crippen LogP) is 2.16. The van der Waals surface area contributed by atoms with Gasteiger partial charge in [-0.3, -0.25) is 4.79 Å². The molecule has 0 rings (SSSR count). The molecule has 0 aliphatic heterocycles. The number of nitrogens with one attached hydrogen (secondary N) is 1. The highest BCUT2D eigenvalue weighted by Gasteiger charge is 2.24. The van der Waals surface area contributed by atoms with Crippen LogP contribution in [0.4, 0.5) is 4.79 Å². The molecular formula is C13H26N2O3. The third kappa shape index (κ3) is 5.89. The van der Waals surface area contributed by atoms with E-state index in [1.165, 1.54) is 0 Å². The van der Waals surface area contributed by atoms with E-state index in [-0.39, 0.29) is 11.9 Å². The number of amides is 2. The maximum Gasteiger partial charge on any atom is 0.408 e. The Hall–Kier alpha value is -1.26. The Morgan fingerprint density at radius 2 is 1.78 bits per heavy atom. The Bertz CT molecular complexity index is 297. The van der Waals surface area contributed by atoms with Crippen LogP contribution in [-0.2, 0) is 9.53 Å². The van der Waals surface area contributed by atoms with Gasteiger partial charge in [0, 0.05) is 13.1 Å². The van der Waals surface area contributed by atoms with Crippen molar-refractivity contribution in [3.8, 4) is 0 Å². The van der Waals surface area contributed by atoms with Crippen LogP contribution in [-0.4, -0.2) is 41.6 Å². The summed E-state index contributed by atoms with van der Waals surface area (Å²) < 4.78 is 5.10. The van der Waals surface area contributed by atoms with E-state index in [2.05, 4.69) is 5.32 Å². The largest absolute Gasteiger partial charge is 0.444 e. The SMILES string of the molecule is CC[C@@H](C)N(C)C(=O)[C@@H](C)NC(=O)OC(C)(C)C. The second kappa shape index (κ2) is 6.61. The molecule has 0 radical (unpaired) electrons. The molecule has 0 aromatic rings. The molecule has 0 spiro atoms. The molecule has 1 N–H and O–H groups in total. The smallest absolute Gasteiger partial charge is 0.408 e. The molecule has 5 nitrogen and oxygen atoms in total. The van der Waals surface area contributed by atoms with Crippen molar-refractivity contribution < 1.29 is 14.3 Å². The molecule has 0 saturated carbocycles. The predicted molar refractivity (Wildman–Crippen MR) is 71.4 cm³/mol. The number of carbonyl (C=O) groups is 2. The number of alkyl carbamates (subject to hydrolysis) is 1. The van der Waals surface area contributed by atoms with Crippen molar-refractivity contribution in [2.45, 2.75) is 65.6 Å². The van der Waals surface area contributed by atoms with Crippen LogP contribution in [0.2, 0.25) is 0 Å². The Labute approximate surface area is 110 Å². The molecule has 0 heterocycles. The molecule has 0 fully saturated rings. The lowest BCUT2D eigenvalue weighted by Crippen LogP contribution is -2.49. The number of hydrogen-bond acceptors (Lipinski definition) is 3. The van der Waals surface area contributed by atoms with Crippen molar-refractivity contribution in [3.63, 3.8) is 0 Å². The van der Waals surface area contributed by atoms with E-state index in [0.29, 0.717) is 0 Å². The number of nitrogens with zero attached hydrogens (tertiary/aromatic N) is 1. The quantitative estimate of drug-likeness (QED) is 0.840. The molecule has 0 aliphatic rings. The van der Waals surface area contributed by atoms with E-state index in [1.807, 2.05) is 13.8 Å². The van der Waals surface area contributed by atoms with Crippen LogP contribution in [0.3, 0.4) is 0 Å². The fraction of sp³-hybridized carbons (Fsp3) is 0.846. The summed E-state index contributed by atoms with van der Waals surface area (Å²) in [5.74, 6) is -0.116. The fourth-order valence-corrected chi connectivity index (χ4v) is 1.34. The molecule has 0 bridgehead atoms. The Kier molecular flexibility index (Phi) is 6.15. The first-order valence-electron chi connectivity index (χ1n) is 6.34. The second-order valence-electron chi connectivity index (χ2n) is 5.57. The second-order valence-corrected chi connectivity index (χ2v) is 5.57. The van der Waals surface area contributed by atoms with Crippen molar-refractivity contribution >= 4 is 12.0 Å². The molecule has 106 valence electrons. The number of likely N-dealkylation sites (N-methyl/N-ethyl adjacent to an activating group) is 1. The van der Waals surface area contributed by atoms with E-state index in [9.17, 15) is 9.59 Å². The van der Waals surface area contributed by atoms with Gasteiger partial charge in [-0.1, -0.05) is 6.92 Å². The van der Waals surface area contributed by atoms with Gasteiger partial charge in [0.15, 0.2) is 0 Å². The van der Waals surface area contributed by atoms with E-state index >= 15 is 0 Å². The van der Waals surface area contributed by atoms with Crippen molar-refractivity contribution in [3.05, 3.63) is 0 Å². The summed E-state index contributed by atoms with van der Waals surface area (Å²) in [5.41, 5.74) is -0.560. The highest BCUT2D eigenvalue weighted by molar-refractivity contribution is 5.85. The lowest BCUT2D eigenvalue weighted by atomic mass is 10.2. The topological polar surface area (TPSA) is 58.6 Å². The minimum absolute atomic E-state index is 0.116. The third-order valence-corrected chi connectivity index (χ3v) is 2.70. The molecule has 0 saturated heterocycles. The summed E-state index contributed by atoms with van der Waals surface area (Å²) in [6, 6.07) is -0.431. The Morgan fingerprint density at radius 3 is 2.17 bits per heavy atom. The summed E-state index contributed by atoms with van der Waals surface area (Å²) >= 11 is 0. The van der Waals surface area contributed by atoms with Crippen molar-refractivity contribution in [1.82, 2.24) is 10.2 Å². The van der Waals surface area contributed by atoms with Gasteiger partial charge in [-0.25, -0.2) is 4.79 Å². The zero-order chi connectivity index (χ0) is 14.5. The average molecular weight is 258 g/mol. The zero-order valence-electron chi connectivity index (χ0n) is 12.5. The zero-order valence-corrected chi connectivity index (χ0v) is 12.5. The van der Waals surface area contributed by atoms with Gasteiger partial charge < -0.3 is 15.0 Å². The first kappa shape index (κ1) is 16.7. The van der Waals surface area contributed by atoms with Gasteiger partial charge in [-0.05, 0) is 41.0 Å². The minimum atomic E-state index is -0.584. The maximum absolute atomic E-state index is 12.0. The van der Waals surface area contributed by atoms with E-state index in [4.69, 9.17) is 4.74 Å². The number of carbonyl (C=O) groups excluding carboxylic acids is 2. The van der Waals surface area contributed by atoms with Crippen molar-refractivity contribution in [2.24, 2.45) is 0 Å². The van der Waals surface area contributed by atoms with Gasteiger partial charge >= 0.3 is 6.09 Å². The maximum atomic E-state index is 12.0. The van der Waals surface area contributed by atoms with Gasteiger partial charge in [-0.15, -0.1) is 0 Å². The van der Waals surface area contributed by atoms with E-state index < -0.39 is 17.7 Å². The van der Waals surface area contributed by atoms with Crippen LogP contribution in [0.1, 0.15) is 48.0 Å². The first-order valence-corrected chi connectivity index (χ1v) is 6.34. The molecule has 0 unspecified atom stereocenters. The van der Waals surface area contributed by atoms with Crippen molar-refractivity contribution in [2.75, 3.05) is 7.05 Å². The van der Waals surface area contributed by atoms with Gasteiger partial charge in [0.25, 0.3) is 0 Å². The third-order valence-electron chi connectivity index (χ3n) is 2.70. The summed E-state index contributed by atoms with van der Waals surface area (Å²) in [4.78, 5) is 25.2. The molecule has 5 heteroatoms. The Balaban J connectivity index is 4.36. The highest BCUT2D eigenvalue weighted by atomic mass is 16.6. The number of hydrogen-bond donors (Lipinski definition) is 1. The standard InChI is InChI=1S/C13H26N2O3/c1-8-9(2)15(7)11(16)10(3)14-12(17)18-13(4,5)6/h9-10H,8H2,1-7H3,(H,14,17)/t9-,10-/m1/s1. The highest BCUT2D eigenvalue weighted by Crippen LogP contribution is 2.08. The number of rotatable bonds is 4. The molecule has 0 aromatic carbocycles. The normalized spacial score (nSPS) is 14.6. The number of ether oxygens (including phenoxy) is 1. The lowest BCUT2D eigenvalue weighted by molar-refractivity contribution is -0.133. The van der Waals surface area contributed by atoms with Crippen LogP contribution < -0.4 is 5.32 Å². The lowest BCUT2D eigenvalue weighted by Gasteiger charge is -2.28. The van der Waals surface area contributed by atoms with Crippen molar-refractivity contribution in [1.29, 1.82) is 0 Å². The van der Waals surface area contributed by atoms with Gasteiger partial charge in [0.05, 0.1) is 0 Å². The molecule has 0 aromatic heterocycles. The van der Waals surface area contributed by atoms with Gasteiger partial charge in [0.1, 0.15) is 11.6 Å². The van der Waals surface area contributed by atoms with Crippen LogP contribution in [0, 0.1) is 0 Å². The summed E-state index contributed by atoms with van der Waals surface area (Å²) in [6.07, 6.45) is 0.308. The molecule has 2 amide bonds. The average Bonchev–Trinajstić information content (AvgIpc) is 2.22.